The summed E-state index contributed by atoms with van der Waals surface area (Å²) in [6.07, 6.45) is -0.509. The van der Waals surface area contributed by atoms with E-state index in [2.05, 4.69) is 8.75 Å². The van der Waals surface area contributed by atoms with Gasteiger partial charge in [-0.1, -0.05) is 11.6 Å². The van der Waals surface area contributed by atoms with Gasteiger partial charge in [0.1, 0.15) is 11.0 Å². The van der Waals surface area contributed by atoms with Crippen molar-refractivity contribution >= 4 is 46.0 Å². The highest BCUT2D eigenvalue weighted by molar-refractivity contribution is 7.00. The first-order valence-electron chi connectivity index (χ1n) is 5.06. The first kappa shape index (κ1) is 10.9. The van der Waals surface area contributed by atoms with Gasteiger partial charge in [-0.3, -0.25) is 4.79 Å². The van der Waals surface area contributed by atoms with Crippen LogP contribution in [0.2, 0.25) is 5.02 Å². The minimum Gasteiger partial charge on any atom is -0.391 e. The summed E-state index contributed by atoms with van der Waals surface area (Å²) in [6.45, 7) is 0.259. The van der Waals surface area contributed by atoms with E-state index in [-0.39, 0.29) is 18.9 Å². The molecule has 1 atom stereocenters. The van der Waals surface area contributed by atoms with E-state index in [1.54, 1.807) is 12.1 Å². The van der Waals surface area contributed by atoms with Gasteiger partial charge in [0, 0.05) is 0 Å². The van der Waals surface area contributed by atoms with Gasteiger partial charge in [0.15, 0.2) is 0 Å². The molecule has 0 bridgehead atoms. The molecule has 2 heterocycles. The maximum absolute atomic E-state index is 11.8. The number of rotatable bonds is 1. The number of benzene rings is 1. The fourth-order valence-electron chi connectivity index (χ4n) is 1.97. The van der Waals surface area contributed by atoms with E-state index in [9.17, 15) is 9.90 Å². The van der Waals surface area contributed by atoms with E-state index >= 15 is 0 Å². The molecule has 1 saturated heterocycles. The minimum absolute atomic E-state index is 0.129. The highest BCUT2D eigenvalue weighted by atomic mass is 35.5. The average molecular weight is 270 g/mol. The zero-order chi connectivity index (χ0) is 12.0. The van der Waals surface area contributed by atoms with Crippen molar-refractivity contribution in [2.75, 3.05) is 11.4 Å². The summed E-state index contributed by atoms with van der Waals surface area (Å²) in [5, 5.41) is 9.96. The summed E-state index contributed by atoms with van der Waals surface area (Å²) in [6, 6.07) is 3.46. The second-order valence-electron chi connectivity index (χ2n) is 3.89. The number of carbonyl (C=O) groups is 1. The number of hydrogen-bond acceptors (Lipinski definition) is 5. The molecule has 5 nitrogen and oxygen atoms in total. The predicted octanol–water partition coefficient (Wildman–Crippen LogP) is 1.44. The van der Waals surface area contributed by atoms with Crippen LogP contribution in [-0.4, -0.2) is 32.4 Å². The molecule has 0 aliphatic carbocycles. The summed E-state index contributed by atoms with van der Waals surface area (Å²) in [7, 11) is 0. The van der Waals surface area contributed by atoms with Gasteiger partial charge >= 0.3 is 0 Å². The van der Waals surface area contributed by atoms with E-state index < -0.39 is 6.10 Å². The number of hydrogen-bond donors (Lipinski definition) is 1. The van der Waals surface area contributed by atoms with E-state index in [0.717, 1.165) is 11.7 Å². The van der Waals surface area contributed by atoms with Crippen molar-refractivity contribution in [2.45, 2.75) is 12.5 Å². The van der Waals surface area contributed by atoms with Crippen molar-refractivity contribution in [3.63, 3.8) is 0 Å². The van der Waals surface area contributed by atoms with Crippen molar-refractivity contribution in [1.29, 1.82) is 0 Å². The Bertz CT molecular complexity index is 600. The molecule has 1 fully saturated rings. The average Bonchev–Trinajstić information content (AvgIpc) is 2.85. The van der Waals surface area contributed by atoms with Crippen LogP contribution in [0.4, 0.5) is 5.69 Å². The van der Waals surface area contributed by atoms with Crippen LogP contribution in [0.15, 0.2) is 12.1 Å². The molecular weight excluding hydrogens is 262 g/mol. The fraction of sp³-hybridized carbons (Fsp3) is 0.300. The van der Waals surface area contributed by atoms with Gasteiger partial charge in [-0.2, -0.15) is 8.75 Å². The van der Waals surface area contributed by atoms with Gasteiger partial charge in [0.25, 0.3) is 0 Å². The first-order chi connectivity index (χ1) is 8.16. The molecule has 1 amide bonds. The van der Waals surface area contributed by atoms with Crippen LogP contribution in [-0.2, 0) is 4.79 Å². The lowest BCUT2D eigenvalue weighted by Crippen LogP contribution is -2.25. The monoisotopic (exact) mass is 269 g/mol. The summed E-state index contributed by atoms with van der Waals surface area (Å²) in [5.41, 5.74) is 1.88. The summed E-state index contributed by atoms with van der Waals surface area (Å²) >= 11 is 7.19. The predicted molar refractivity (Wildman–Crippen MR) is 65.4 cm³/mol. The number of carbonyl (C=O) groups excluding carboxylic acids is 1. The molecular formula is C10H8ClN3O2S. The Morgan fingerprint density at radius 1 is 1.47 bits per heavy atom. The number of β-amino-alcohol motifs (C(OH)–C–C–N with tert-alkyl or cyclic N) is 1. The molecule has 17 heavy (non-hydrogen) atoms. The Hall–Kier alpha value is -1.24. The lowest BCUT2D eigenvalue weighted by molar-refractivity contribution is -0.117. The third-order valence-electron chi connectivity index (χ3n) is 2.73. The Kier molecular flexibility index (Phi) is 2.50. The van der Waals surface area contributed by atoms with Crippen LogP contribution in [0.5, 0.6) is 0 Å². The first-order valence-corrected chi connectivity index (χ1v) is 6.17. The van der Waals surface area contributed by atoms with Gasteiger partial charge in [0.2, 0.25) is 5.91 Å². The number of aliphatic hydroxyl groups is 1. The second-order valence-corrected chi connectivity index (χ2v) is 4.83. The van der Waals surface area contributed by atoms with Crippen LogP contribution in [0, 0.1) is 0 Å². The third kappa shape index (κ3) is 1.69. The summed E-state index contributed by atoms with van der Waals surface area (Å²) in [5.74, 6) is -0.139. The standard InChI is InChI=1S/C10H8ClN3O2S/c11-6-1-2-7-9(13-17-12-7)10(6)14-4-5(15)3-8(14)16/h1-2,5,15H,3-4H2. The highest BCUT2D eigenvalue weighted by Gasteiger charge is 2.32. The zero-order valence-electron chi connectivity index (χ0n) is 8.63. The maximum Gasteiger partial charge on any atom is 0.229 e. The lowest BCUT2D eigenvalue weighted by Gasteiger charge is -2.17. The SMILES string of the molecule is O=C1CC(O)CN1c1c(Cl)ccc2nsnc12. The molecule has 1 aromatic carbocycles. The highest BCUT2D eigenvalue weighted by Crippen LogP contribution is 2.35. The Balaban J connectivity index is 2.19. The number of nitrogens with zero attached hydrogens (tertiary/aromatic N) is 3. The van der Waals surface area contributed by atoms with Crippen LogP contribution < -0.4 is 4.90 Å². The quantitative estimate of drug-likeness (QED) is 0.851. The molecule has 1 aromatic heterocycles. The normalized spacial score (nSPS) is 20.5. The number of amides is 1. The molecule has 1 unspecified atom stereocenters. The van der Waals surface area contributed by atoms with Gasteiger partial charge in [-0.05, 0) is 12.1 Å². The van der Waals surface area contributed by atoms with E-state index in [0.29, 0.717) is 21.7 Å². The van der Waals surface area contributed by atoms with Crippen LogP contribution in [0.25, 0.3) is 11.0 Å². The van der Waals surface area contributed by atoms with Crippen LogP contribution >= 0.6 is 23.3 Å². The van der Waals surface area contributed by atoms with Crippen molar-refractivity contribution in [3.8, 4) is 0 Å². The smallest absolute Gasteiger partial charge is 0.229 e. The number of aliphatic hydroxyl groups excluding tert-OH is 1. The molecule has 88 valence electrons. The van der Waals surface area contributed by atoms with Crippen LogP contribution in [0.3, 0.4) is 0 Å². The molecule has 0 spiro atoms. The molecule has 2 aromatic rings. The summed E-state index contributed by atoms with van der Waals surface area (Å²) < 4.78 is 8.26. The number of fused-ring (bicyclic) bond motifs is 1. The molecule has 3 rings (SSSR count). The second kappa shape index (κ2) is 3.90. The molecule has 7 heteroatoms. The fourth-order valence-corrected chi connectivity index (χ4v) is 2.77. The number of aromatic nitrogens is 2. The van der Waals surface area contributed by atoms with Crippen molar-refractivity contribution in [2.24, 2.45) is 0 Å². The van der Waals surface area contributed by atoms with E-state index in [4.69, 9.17) is 11.6 Å². The largest absolute Gasteiger partial charge is 0.391 e. The molecule has 1 aliphatic heterocycles. The minimum atomic E-state index is -0.639. The van der Waals surface area contributed by atoms with E-state index in [1.165, 1.54) is 4.90 Å². The molecule has 0 saturated carbocycles. The molecule has 1 N–H and O–H groups in total. The van der Waals surface area contributed by atoms with Crippen molar-refractivity contribution < 1.29 is 9.90 Å². The van der Waals surface area contributed by atoms with Gasteiger partial charge in [0.05, 0.1) is 41.5 Å². The maximum atomic E-state index is 11.8. The van der Waals surface area contributed by atoms with Gasteiger partial charge in [-0.15, -0.1) is 0 Å². The molecule has 0 radical (unpaired) electrons. The van der Waals surface area contributed by atoms with Gasteiger partial charge in [-0.25, -0.2) is 0 Å². The Morgan fingerprint density at radius 2 is 2.29 bits per heavy atom. The van der Waals surface area contributed by atoms with Crippen molar-refractivity contribution in [3.05, 3.63) is 17.2 Å². The Labute approximate surface area is 106 Å². The molecule has 1 aliphatic rings. The number of anilines is 1. The third-order valence-corrected chi connectivity index (χ3v) is 3.57. The van der Waals surface area contributed by atoms with Gasteiger partial charge < -0.3 is 10.0 Å². The Morgan fingerprint density at radius 3 is 3.00 bits per heavy atom. The van der Waals surface area contributed by atoms with E-state index in [1.807, 2.05) is 0 Å². The topological polar surface area (TPSA) is 66.3 Å². The number of halogens is 1. The summed E-state index contributed by atoms with van der Waals surface area (Å²) in [4.78, 5) is 13.2. The zero-order valence-corrected chi connectivity index (χ0v) is 10.2. The lowest BCUT2D eigenvalue weighted by atomic mass is 10.2. The van der Waals surface area contributed by atoms with Crippen LogP contribution in [0.1, 0.15) is 6.42 Å². The van der Waals surface area contributed by atoms with Crippen molar-refractivity contribution in [1.82, 2.24) is 8.75 Å².